The van der Waals surface area contributed by atoms with Crippen molar-refractivity contribution in [2.24, 2.45) is 0 Å². The van der Waals surface area contributed by atoms with Gasteiger partial charge in [0, 0.05) is 5.56 Å². The van der Waals surface area contributed by atoms with Gasteiger partial charge in [-0.25, -0.2) is 0 Å². The average Bonchev–Trinajstić information content (AvgIpc) is 2.08. The van der Waals surface area contributed by atoms with Gasteiger partial charge in [-0.05, 0) is 44.0 Å². The highest BCUT2D eigenvalue weighted by molar-refractivity contribution is 5.44. The Morgan fingerprint density at radius 1 is 1.07 bits per heavy atom. The Balaban J connectivity index is 3.28. The number of phenolic OH excluding ortho intramolecular Hbond substituents is 1. The number of rotatable bonds is 2. The Hall–Kier alpha value is -1.06. The predicted octanol–water partition coefficient (Wildman–Crippen LogP) is 1.81. The molecule has 3 N–H and O–H groups in total. The summed E-state index contributed by atoms with van der Waals surface area (Å²) in [6.45, 7) is 4.98. The van der Waals surface area contributed by atoms with Crippen molar-refractivity contribution in [3.05, 3.63) is 28.8 Å². The maximum Gasteiger partial charge on any atom is 0.124 e. The third kappa shape index (κ3) is 2.05. The summed E-state index contributed by atoms with van der Waals surface area (Å²) in [6.07, 6.45) is -1.32. The lowest BCUT2D eigenvalue weighted by molar-refractivity contribution is 0.189. The van der Waals surface area contributed by atoms with Gasteiger partial charge < -0.3 is 15.3 Å². The Morgan fingerprint density at radius 3 is 2.07 bits per heavy atom. The van der Waals surface area contributed by atoms with Crippen LogP contribution < -0.4 is 0 Å². The van der Waals surface area contributed by atoms with Gasteiger partial charge >= 0.3 is 0 Å². The molecule has 2 unspecified atom stereocenters. The third-order valence-corrected chi connectivity index (χ3v) is 2.28. The molecule has 0 fully saturated rings. The van der Waals surface area contributed by atoms with E-state index in [0.29, 0.717) is 16.7 Å². The predicted molar refractivity (Wildman–Crippen MR) is 54.1 cm³/mol. The van der Waals surface area contributed by atoms with E-state index in [9.17, 15) is 15.3 Å². The molecule has 2 atom stereocenters. The number of hydrogen-bond donors (Lipinski definition) is 3. The molecule has 0 saturated heterocycles. The van der Waals surface area contributed by atoms with E-state index in [0.717, 1.165) is 0 Å². The molecule has 1 aromatic carbocycles. The van der Waals surface area contributed by atoms with Crippen LogP contribution in [0, 0.1) is 6.92 Å². The number of aliphatic hydroxyl groups is 2. The largest absolute Gasteiger partial charge is 0.507 e. The van der Waals surface area contributed by atoms with Crippen LogP contribution in [-0.2, 0) is 0 Å². The molecule has 0 aliphatic rings. The van der Waals surface area contributed by atoms with Crippen LogP contribution in [0.5, 0.6) is 5.75 Å². The van der Waals surface area contributed by atoms with E-state index in [2.05, 4.69) is 0 Å². The molecule has 0 bridgehead atoms. The maximum absolute atomic E-state index is 9.63. The molecule has 0 aromatic heterocycles. The summed E-state index contributed by atoms with van der Waals surface area (Å²) in [6, 6.07) is 3.34. The summed E-state index contributed by atoms with van der Waals surface area (Å²) in [5, 5.41) is 28.4. The van der Waals surface area contributed by atoms with E-state index in [1.54, 1.807) is 32.9 Å². The first-order valence-corrected chi connectivity index (χ1v) is 4.63. The highest BCUT2D eigenvalue weighted by Crippen LogP contribution is 2.30. The number of aryl methyl sites for hydroxylation is 1. The summed E-state index contributed by atoms with van der Waals surface area (Å²) < 4.78 is 0. The maximum atomic E-state index is 9.63. The first-order valence-electron chi connectivity index (χ1n) is 4.63. The Kier molecular flexibility index (Phi) is 3.13. The number of hydrogen-bond acceptors (Lipinski definition) is 3. The summed E-state index contributed by atoms with van der Waals surface area (Å²) >= 11 is 0. The Morgan fingerprint density at radius 2 is 1.64 bits per heavy atom. The van der Waals surface area contributed by atoms with Crippen molar-refractivity contribution in [2.45, 2.75) is 33.0 Å². The molecule has 0 saturated carbocycles. The fraction of sp³-hybridized carbons (Fsp3) is 0.455. The molecule has 78 valence electrons. The fourth-order valence-electron chi connectivity index (χ4n) is 1.40. The standard InChI is InChI=1S/C11H16O3/c1-6-4-9(7(2)12)5-10(8(3)13)11(6)14/h4-5,7-8,12-14H,1-3H3. The van der Waals surface area contributed by atoms with Gasteiger partial charge in [-0.1, -0.05) is 0 Å². The zero-order valence-corrected chi connectivity index (χ0v) is 8.65. The highest BCUT2D eigenvalue weighted by Gasteiger charge is 2.13. The van der Waals surface area contributed by atoms with E-state index in [1.807, 2.05) is 0 Å². The van der Waals surface area contributed by atoms with Crippen molar-refractivity contribution in [1.29, 1.82) is 0 Å². The van der Waals surface area contributed by atoms with Crippen LogP contribution in [0.1, 0.15) is 42.7 Å². The Bertz CT molecular complexity index is 330. The lowest BCUT2D eigenvalue weighted by Gasteiger charge is -2.14. The molecule has 3 heteroatoms. The van der Waals surface area contributed by atoms with E-state index >= 15 is 0 Å². The van der Waals surface area contributed by atoms with Crippen molar-refractivity contribution in [3.8, 4) is 5.75 Å². The normalized spacial score (nSPS) is 15.2. The zero-order valence-electron chi connectivity index (χ0n) is 8.65. The van der Waals surface area contributed by atoms with E-state index < -0.39 is 12.2 Å². The second-order valence-corrected chi connectivity index (χ2v) is 3.63. The minimum atomic E-state index is -0.729. The lowest BCUT2D eigenvalue weighted by Crippen LogP contribution is -1.98. The van der Waals surface area contributed by atoms with Gasteiger partial charge in [-0.15, -0.1) is 0 Å². The van der Waals surface area contributed by atoms with Crippen molar-refractivity contribution >= 4 is 0 Å². The molecule has 3 nitrogen and oxygen atoms in total. The van der Waals surface area contributed by atoms with Crippen LogP contribution in [0.25, 0.3) is 0 Å². The monoisotopic (exact) mass is 196 g/mol. The summed E-state index contributed by atoms with van der Waals surface area (Å²) in [4.78, 5) is 0. The average molecular weight is 196 g/mol. The summed E-state index contributed by atoms with van der Waals surface area (Å²) in [5.74, 6) is 0.101. The molecule has 14 heavy (non-hydrogen) atoms. The van der Waals surface area contributed by atoms with Crippen LogP contribution in [0.3, 0.4) is 0 Å². The van der Waals surface area contributed by atoms with E-state index in [-0.39, 0.29) is 5.75 Å². The molecule has 0 aliphatic heterocycles. The molecule has 0 heterocycles. The van der Waals surface area contributed by atoms with Gasteiger partial charge in [0.25, 0.3) is 0 Å². The van der Waals surface area contributed by atoms with Crippen LogP contribution in [0.15, 0.2) is 12.1 Å². The summed E-state index contributed by atoms with van der Waals surface area (Å²) in [5.41, 5.74) is 1.83. The van der Waals surface area contributed by atoms with Crippen molar-refractivity contribution in [1.82, 2.24) is 0 Å². The molecule has 0 amide bonds. The molecule has 1 aromatic rings. The third-order valence-electron chi connectivity index (χ3n) is 2.28. The molecule has 0 spiro atoms. The van der Waals surface area contributed by atoms with Gasteiger partial charge in [0.15, 0.2) is 0 Å². The van der Waals surface area contributed by atoms with Crippen LogP contribution >= 0.6 is 0 Å². The van der Waals surface area contributed by atoms with E-state index in [4.69, 9.17) is 0 Å². The van der Waals surface area contributed by atoms with Crippen LogP contribution in [0.4, 0.5) is 0 Å². The highest BCUT2D eigenvalue weighted by atomic mass is 16.3. The molecule has 1 rings (SSSR count). The smallest absolute Gasteiger partial charge is 0.124 e. The molecular weight excluding hydrogens is 180 g/mol. The zero-order chi connectivity index (χ0) is 10.9. The second-order valence-electron chi connectivity index (χ2n) is 3.63. The number of benzene rings is 1. The van der Waals surface area contributed by atoms with Crippen molar-refractivity contribution in [3.63, 3.8) is 0 Å². The second kappa shape index (κ2) is 3.98. The number of phenols is 1. The van der Waals surface area contributed by atoms with Crippen molar-refractivity contribution < 1.29 is 15.3 Å². The minimum absolute atomic E-state index is 0.101. The quantitative estimate of drug-likeness (QED) is 0.676. The van der Waals surface area contributed by atoms with Crippen LogP contribution in [0.2, 0.25) is 0 Å². The first-order chi connectivity index (χ1) is 6.43. The van der Waals surface area contributed by atoms with Crippen LogP contribution in [-0.4, -0.2) is 15.3 Å². The summed E-state index contributed by atoms with van der Waals surface area (Å²) in [7, 11) is 0. The SMILES string of the molecule is Cc1cc(C(C)O)cc(C(C)O)c1O. The minimum Gasteiger partial charge on any atom is -0.507 e. The fourth-order valence-corrected chi connectivity index (χ4v) is 1.40. The van der Waals surface area contributed by atoms with Gasteiger partial charge in [0.1, 0.15) is 5.75 Å². The number of aromatic hydroxyl groups is 1. The first kappa shape index (κ1) is 11.0. The van der Waals surface area contributed by atoms with E-state index in [1.165, 1.54) is 0 Å². The Labute approximate surface area is 83.6 Å². The molecule has 0 aliphatic carbocycles. The molecular formula is C11H16O3. The van der Waals surface area contributed by atoms with Gasteiger partial charge in [0.05, 0.1) is 12.2 Å². The van der Waals surface area contributed by atoms with Gasteiger partial charge in [0.2, 0.25) is 0 Å². The van der Waals surface area contributed by atoms with Gasteiger partial charge in [-0.3, -0.25) is 0 Å². The van der Waals surface area contributed by atoms with Gasteiger partial charge in [-0.2, -0.15) is 0 Å². The number of aliphatic hydroxyl groups excluding tert-OH is 2. The molecule has 0 radical (unpaired) electrons. The lowest BCUT2D eigenvalue weighted by atomic mass is 9.99. The topological polar surface area (TPSA) is 60.7 Å². The van der Waals surface area contributed by atoms with Crippen molar-refractivity contribution in [2.75, 3.05) is 0 Å².